The Hall–Kier alpha value is -3.35. The van der Waals surface area contributed by atoms with Crippen LogP contribution in [0.25, 0.3) is 0 Å². The lowest BCUT2D eigenvalue weighted by Gasteiger charge is -2.16. The summed E-state index contributed by atoms with van der Waals surface area (Å²) in [5.41, 5.74) is -0.405. The van der Waals surface area contributed by atoms with Crippen molar-refractivity contribution in [3.63, 3.8) is 0 Å². The maximum atomic E-state index is 13.0. The largest absolute Gasteiger partial charge is 0.444 e. The van der Waals surface area contributed by atoms with Gasteiger partial charge < -0.3 is 9.15 Å². The average molecular weight is 514 g/mol. The maximum absolute atomic E-state index is 13.0. The Balaban J connectivity index is 1.45. The van der Waals surface area contributed by atoms with E-state index < -0.39 is 27.7 Å². The summed E-state index contributed by atoms with van der Waals surface area (Å²) in [4.78, 5) is 14.9. The Morgan fingerprint density at radius 2 is 1.94 bits per heavy atom. The molecule has 1 amide bonds. The second-order valence-corrected chi connectivity index (χ2v) is 9.45. The van der Waals surface area contributed by atoms with E-state index in [4.69, 9.17) is 20.8 Å². The zero-order chi connectivity index (χ0) is 24.7. The van der Waals surface area contributed by atoms with Gasteiger partial charge in [-0.25, -0.2) is 13.4 Å². The zero-order valence-corrected chi connectivity index (χ0v) is 18.7. The lowest BCUT2D eigenvalue weighted by Crippen LogP contribution is -2.25. The average Bonchev–Trinajstić information content (AvgIpc) is 3.34. The molecule has 0 saturated heterocycles. The fourth-order valence-electron chi connectivity index (χ4n) is 3.14. The topological polar surface area (TPSA) is 102 Å². The molecule has 1 aromatic carbocycles. The second kappa shape index (κ2) is 8.78. The fourth-order valence-corrected chi connectivity index (χ4v) is 4.72. The third kappa shape index (κ3) is 4.79. The van der Waals surface area contributed by atoms with Crippen LogP contribution in [0.1, 0.15) is 16.9 Å². The molecule has 3 heterocycles. The first-order chi connectivity index (χ1) is 16.0. The van der Waals surface area contributed by atoms with Crippen LogP contribution in [0.4, 0.5) is 19.1 Å². The molecule has 34 heavy (non-hydrogen) atoms. The van der Waals surface area contributed by atoms with Crippen LogP contribution in [0.2, 0.25) is 5.02 Å². The number of alkyl halides is 3. The number of hydrogen-bond donors (Lipinski definition) is 1. The van der Waals surface area contributed by atoms with Gasteiger partial charge in [-0.3, -0.25) is 10.1 Å². The number of halogens is 4. The van der Waals surface area contributed by atoms with Crippen LogP contribution < -0.4 is 10.1 Å². The van der Waals surface area contributed by atoms with Crippen molar-refractivity contribution in [1.29, 1.82) is 0 Å². The predicted molar refractivity (Wildman–Crippen MR) is 115 cm³/mol. The molecule has 178 valence electrons. The van der Waals surface area contributed by atoms with E-state index in [2.05, 4.69) is 16.9 Å². The first-order valence-electron chi connectivity index (χ1n) is 9.53. The quantitative estimate of drug-likeness (QED) is 0.467. The van der Waals surface area contributed by atoms with Gasteiger partial charge >= 0.3 is 6.18 Å². The molecule has 0 spiro atoms. The number of carbonyl (C=O) groups excluding carboxylic acids is 1. The molecule has 0 unspecified atom stereocenters. The Bertz CT molecular complexity index is 1350. The number of fused-ring (bicyclic) bond motifs is 1. The Kier molecular flexibility index (Phi) is 6.14. The highest BCUT2D eigenvalue weighted by molar-refractivity contribution is 7.89. The summed E-state index contributed by atoms with van der Waals surface area (Å²) in [5, 5.41) is 2.12. The van der Waals surface area contributed by atoms with Gasteiger partial charge in [0.15, 0.2) is 5.88 Å². The molecule has 0 bridgehead atoms. The van der Waals surface area contributed by atoms with Crippen LogP contribution in [-0.2, 0) is 34.1 Å². The number of hydrogen-bond acceptors (Lipinski definition) is 6. The van der Waals surface area contributed by atoms with Gasteiger partial charge in [-0.05, 0) is 36.4 Å². The zero-order valence-electron chi connectivity index (χ0n) is 17.1. The molecule has 0 aliphatic carbocycles. The number of nitrogens with zero attached hydrogens (tertiary/aromatic N) is 2. The van der Waals surface area contributed by atoms with Crippen LogP contribution in [0.15, 0.2) is 64.6 Å². The van der Waals surface area contributed by atoms with Crippen molar-refractivity contribution in [1.82, 2.24) is 9.29 Å². The van der Waals surface area contributed by atoms with Gasteiger partial charge in [0.25, 0.3) is 0 Å². The number of aromatic nitrogens is 1. The molecule has 1 aliphatic heterocycles. The highest BCUT2D eigenvalue weighted by Gasteiger charge is 2.34. The van der Waals surface area contributed by atoms with Gasteiger partial charge in [-0.2, -0.15) is 17.5 Å². The molecule has 0 fully saturated rings. The van der Waals surface area contributed by atoms with E-state index in [-0.39, 0.29) is 40.5 Å². The normalized spacial score (nSPS) is 14.0. The van der Waals surface area contributed by atoms with Crippen molar-refractivity contribution in [2.75, 3.05) is 5.32 Å². The highest BCUT2D eigenvalue weighted by atomic mass is 35.5. The lowest BCUT2D eigenvalue weighted by molar-refractivity contribution is -0.137. The number of anilines is 1. The van der Waals surface area contributed by atoms with Crippen molar-refractivity contribution in [3.05, 3.63) is 77.2 Å². The van der Waals surface area contributed by atoms with E-state index in [0.717, 1.165) is 6.08 Å². The number of sulfonamides is 1. The maximum Gasteiger partial charge on any atom is 0.417 e. The van der Waals surface area contributed by atoms with E-state index in [1.165, 1.54) is 28.6 Å². The van der Waals surface area contributed by atoms with Crippen molar-refractivity contribution in [2.24, 2.45) is 0 Å². The van der Waals surface area contributed by atoms with Crippen LogP contribution in [0.5, 0.6) is 11.6 Å². The summed E-state index contributed by atoms with van der Waals surface area (Å²) in [7, 11) is -3.89. The Labute approximate surface area is 196 Å². The first-order valence-corrected chi connectivity index (χ1v) is 11.3. The molecule has 0 saturated carbocycles. The smallest absolute Gasteiger partial charge is 0.417 e. The van der Waals surface area contributed by atoms with Crippen LogP contribution in [-0.4, -0.2) is 23.6 Å². The number of nitrogens with one attached hydrogen (secondary N) is 1. The molecule has 8 nitrogen and oxygen atoms in total. The minimum absolute atomic E-state index is 0.0229. The van der Waals surface area contributed by atoms with Crippen molar-refractivity contribution in [3.8, 4) is 11.6 Å². The molecule has 4 rings (SSSR count). The van der Waals surface area contributed by atoms with E-state index in [9.17, 15) is 26.4 Å². The number of furan rings is 1. The molecule has 13 heteroatoms. The molecule has 1 aliphatic rings. The Morgan fingerprint density at radius 3 is 2.53 bits per heavy atom. The van der Waals surface area contributed by atoms with Crippen molar-refractivity contribution >= 4 is 33.4 Å². The Morgan fingerprint density at radius 1 is 1.24 bits per heavy atom. The van der Waals surface area contributed by atoms with Crippen LogP contribution in [0.3, 0.4) is 0 Å². The van der Waals surface area contributed by atoms with Gasteiger partial charge in [0.1, 0.15) is 16.5 Å². The van der Waals surface area contributed by atoms with Crippen LogP contribution >= 0.6 is 11.6 Å². The number of amides is 1. The first kappa shape index (κ1) is 23.8. The molecule has 3 aromatic rings. The molecule has 0 atom stereocenters. The SMILES string of the molecule is C=CC(=O)Nc1cc2c(o1)CN(S(=O)(=O)c1ccc(Oc3ncc(C(F)(F)F)cc3Cl)cc1)C2. The number of carbonyl (C=O) groups is 1. The second-order valence-electron chi connectivity index (χ2n) is 7.11. The number of rotatable bonds is 6. The lowest BCUT2D eigenvalue weighted by atomic mass is 10.3. The summed E-state index contributed by atoms with van der Waals surface area (Å²) in [5.74, 6) is 0.0274. The molecular weight excluding hydrogens is 499 g/mol. The van der Waals surface area contributed by atoms with E-state index in [1.54, 1.807) is 6.07 Å². The summed E-state index contributed by atoms with van der Waals surface area (Å²) < 4.78 is 76.3. The summed E-state index contributed by atoms with van der Waals surface area (Å²) in [6, 6.07) is 7.48. The van der Waals surface area contributed by atoms with Crippen molar-refractivity contribution in [2.45, 2.75) is 24.2 Å². The summed E-state index contributed by atoms with van der Waals surface area (Å²) >= 11 is 5.83. The van der Waals surface area contributed by atoms with Crippen molar-refractivity contribution < 1.29 is 35.5 Å². The third-order valence-electron chi connectivity index (χ3n) is 4.81. The number of ether oxygens (including phenoxy) is 1. The highest BCUT2D eigenvalue weighted by Crippen LogP contribution is 2.36. The van der Waals surface area contributed by atoms with Gasteiger partial charge in [0, 0.05) is 24.4 Å². The monoisotopic (exact) mass is 513 g/mol. The van der Waals surface area contributed by atoms with E-state index in [1.807, 2.05) is 0 Å². The molecule has 1 N–H and O–H groups in total. The minimum Gasteiger partial charge on any atom is -0.444 e. The third-order valence-corrected chi connectivity index (χ3v) is 6.88. The number of pyridine rings is 1. The van der Waals surface area contributed by atoms with Gasteiger partial charge in [0.2, 0.25) is 21.8 Å². The summed E-state index contributed by atoms with van der Waals surface area (Å²) in [6.45, 7) is 3.37. The predicted octanol–water partition coefficient (Wildman–Crippen LogP) is 4.97. The summed E-state index contributed by atoms with van der Waals surface area (Å²) in [6.07, 6.45) is -2.93. The van der Waals surface area contributed by atoms with Gasteiger partial charge in [-0.1, -0.05) is 18.2 Å². The van der Waals surface area contributed by atoms with E-state index >= 15 is 0 Å². The fraction of sp³-hybridized carbons (Fsp3) is 0.143. The number of benzene rings is 1. The molecule has 2 aromatic heterocycles. The molecule has 0 radical (unpaired) electrons. The van der Waals surface area contributed by atoms with Crippen LogP contribution in [0, 0.1) is 0 Å². The van der Waals surface area contributed by atoms with Gasteiger partial charge in [-0.15, -0.1) is 0 Å². The van der Waals surface area contributed by atoms with E-state index in [0.29, 0.717) is 23.6 Å². The minimum atomic E-state index is -4.60. The van der Waals surface area contributed by atoms with Gasteiger partial charge in [0.05, 0.1) is 17.0 Å². The molecular formula is C21H15ClF3N3O5S. The standard InChI is InChI=1S/C21H15ClF3N3O5S/c1-2-18(29)27-19-7-12-10-28(11-17(12)33-19)34(30,31)15-5-3-14(4-6-15)32-20-16(22)8-13(9-26-20)21(23,24)25/h2-9H,1,10-11H2,(H,27,29).